The molecule has 3 atom stereocenters. The van der Waals surface area contributed by atoms with E-state index < -0.39 is 31.7 Å². The molecule has 0 radical (unpaired) electrons. The number of aliphatic imine (C=N–C) groups is 1. The summed E-state index contributed by atoms with van der Waals surface area (Å²) in [5.74, 6) is -0.963. The lowest BCUT2D eigenvalue weighted by Crippen LogP contribution is -2.57. The minimum atomic E-state index is -2.81. The number of amides is 1. The van der Waals surface area contributed by atoms with E-state index in [1.54, 1.807) is 26.8 Å². The number of hydrogen-bond acceptors (Lipinski definition) is 8. The third-order valence-electron chi connectivity index (χ3n) is 6.22. The Morgan fingerprint density at radius 1 is 1.36 bits per heavy atom. The van der Waals surface area contributed by atoms with Crippen LogP contribution in [-0.4, -0.2) is 43.0 Å². The molecule has 1 amide bonds. The molecule has 2 aliphatic rings. The van der Waals surface area contributed by atoms with Crippen LogP contribution in [0.3, 0.4) is 0 Å². The maximum Gasteiger partial charge on any atom is 0.275 e. The van der Waals surface area contributed by atoms with Crippen LogP contribution in [-0.2, 0) is 15.3 Å². The topological polar surface area (TPSA) is 146 Å². The number of pyridine rings is 2. The lowest BCUT2D eigenvalue weighted by molar-refractivity contribution is 0.102. The number of nitrogens with zero attached hydrogens (tertiary/aromatic N) is 5. The molecule has 0 aliphatic carbocycles. The molecule has 0 bridgehead atoms. The number of carbonyl (C=O) groups is 1. The molecule has 4 rings (SSSR count). The number of nitriles is 1. The first-order valence-electron chi connectivity index (χ1n) is 10.4. The van der Waals surface area contributed by atoms with E-state index in [-0.39, 0.29) is 28.8 Å². The summed E-state index contributed by atoms with van der Waals surface area (Å²) >= 11 is 0. The molecule has 0 fully saturated rings. The fourth-order valence-corrected chi connectivity index (χ4v) is 7.20. The lowest BCUT2D eigenvalue weighted by Gasteiger charge is -2.43. The average molecular weight is 470 g/mol. The van der Waals surface area contributed by atoms with Crippen LogP contribution in [0.25, 0.3) is 0 Å². The Kier molecular flexibility index (Phi) is 5.44. The van der Waals surface area contributed by atoms with Gasteiger partial charge in [0.2, 0.25) is 0 Å². The van der Waals surface area contributed by atoms with Crippen LogP contribution in [0.15, 0.2) is 33.8 Å². The van der Waals surface area contributed by atoms with Crippen molar-refractivity contribution in [3.63, 3.8) is 0 Å². The molecule has 2 aromatic heterocycles. The third kappa shape index (κ3) is 3.74. The van der Waals surface area contributed by atoms with E-state index in [0.717, 1.165) is 6.42 Å². The van der Waals surface area contributed by atoms with Gasteiger partial charge in [0.1, 0.15) is 45.2 Å². The van der Waals surface area contributed by atoms with Gasteiger partial charge in [-0.1, -0.05) is 0 Å². The molecule has 2 aromatic rings. The molecule has 0 aromatic carbocycles. The molecular weight excluding hydrogens is 445 g/mol. The highest BCUT2D eigenvalue weighted by Crippen LogP contribution is 2.42. The van der Waals surface area contributed by atoms with Gasteiger partial charge >= 0.3 is 0 Å². The first kappa shape index (κ1) is 22.8. The number of amidine groups is 1. The van der Waals surface area contributed by atoms with Crippen LogP contribution in [0.5, 0.6) is 0 Å². The van der Waals surface area contributed by atoms with Gasteiger partial charge in [-0.05, 0) is 57.4 Å². The fraction of sp³-hybridized carbons (Fsp3) is 0.409. The number of aromatic nitrogens is 2. The monoisotopic (exact) mass is 469 g/mol. The Labute approximate surface area is 191 Å². The number of fused-ring (bicyclic) bond motifs is 1. The van der Waals surface area contributed by atoms with Gasteiger partial charge in [0.25, 0.3) is 5.91 Å². The zero-order valence-corrected chi connectivity index (χ0v) is 19.4. The van der Waals surface area contributed by atoms with Crippen molar-refractivity contribution in [3.8, 4) is 6.07 Å². The van der Waals surface area contributed by atoms with Gasteiger partial charge in [0, 0.05) is 12.7 Å². The summed E-state index contributed by atoms with van der Waals surface area (Å²) in [5, 5.41) is 11.6. The van der Waals surface area contributed by atoms with Crippen LogP contribution < -0.4 is 11.1 Å². The predicted octanol–water partition coefficient (Wildman–Crippen LogP) is 2.65. The molecule has 0 saturated heterocycles. The molecule has 9 nitrogen and oxygen atoms in total. The van der Waals surface area contributed by atoms with Crippen LogP contribution in [0.4, 0.5) is 10.2 Å². The zero-order valence-electron chi connectivity index (χ0n) is 18.6. The van der Waals surface area contributed by atoms with Gasteiger partial charge in [-0.25, -0.2) is 22.9 Å². The van der Waals surface area contributed by atoms with Crippen molar-refractivity contribution in [2.24, 2.45) is 15.1 Å². The molecule has 172 valence electrons. The van der Waals surface area contributed by atoms with Gasteiger partial charge < -0.3 is 11.1 Å². The summed E-state index contributed by atoms with van der Waals surface area (Å²) in [6, 6.07) is 6.01. The van der Waals surface area contributed by atoms with E-state index in [1.165, 1.54) is 18.3 Å². The summed E-state index contributed by atoms with van der Waals surface area (Å²) < 4.78 is 32.3. The Bertz CT molecular complexity index is 1360. The number of nitrogens with two attached hydrogens (primary N) is 1. The van der Waals surface area contributed by atoms with Crippen molar-refractivity contribution in [2.45, 2.75) is 43.9 Å². The molecule has 0 spiro atoms. The van der Waals surface area contributed by atoms with Crippen LogP contribution in [0.2, 0.25) is 0 Å². The summed E-state index contributed by atoms with van der Waals surface area (Å²) in [6.45, 7) is 5.54. The highest BCUT2D eigenvalue weighted by atomic mass is 32.2. The fourth-order valence-electron chi connectivity index (χ4n) is 4.28. The third-order valence-corrected chi connectivity index (χ3v) is 9.60. The minimum absolute atomic E-state index is 0.0190. The van der Waals surface area contributed by atoms with Gasteiger partial charge in [0.15, 0.2) is 0 Å². The zero-order chi connectivity index (χ0) is 24.0. The second kappa shape index (κ2) is 7.88. The molecule has 1 unspecified atom stereocenters. The largest absolute Gasteiger partial charge is 0.386 e. The second-order valence-corrected chi connectivity index (χ2v) is 11.5. The van der Waals surface area contributed by atoms with Crippen LogP contribution in [0.1, 0.15) is 54.0 Å². The number of hydrogen-bond donors (Lipinski definition) is 2. The van der Waals surface area contributed by atoms with Gasteiger partial charge in [-0.3, -0.25) is 9.79 Å². The van der Waals surface area contributed by atoms with Crippen LogP contribution >= 0.6 is 0 Å². The highest BCUT2D eigenvalue weighted by molar-refractivity contribution is 7.95. The standard InChI is InChI=1S/C22H24FN7O2S/c1-13-9-14(10-24)11-26-17(13)19(31)29-16-6-5-15(23)18(28-16)21(2)12-33(32)22(3,20(25)30-21)7-4-8-27-33/h5-6,9,11H,4,7-8,12H2,1-3H3,(H2,25,30)(H,28,29,31)/t21-,22-,33?/m0/s1. The van der Waals surface area contributed by atoms with E-state index in [9.17, 15) is 13.4 Å². The Morgan fingerprint density at radius 2 is 2.12 bits per heavy atom. The first-order chi connectivity index (χ1) is 15.5. The van der Waals surface area contributed by atoms with Crippen molar-refractivity contribution < 1.29 is 13.4 Å². The van der Waals surface area contributed by atoms with Crippen molar-refractivity contribution in [1.29, 1.82) is 5.26 Å². The maximum absolute atomic E-state index is 14.9. The number of anilines is 1. The number of aryl methyl sites for hydroxylation is 1. The summed E-state index contributed by atoms with van der Waals surface area (Å²) in [5.41, 5.74) is 5.85. The van der Waals surface area contributed by atoms with Gasteiger partial charge in [-0.2, -0.15) is 5.26 Å². The molecule has 0 saturated carbocycles. The van der Waals surface area contributed by atoms with Crippen molar-refractivity contribution in [2.75, 3.05) is 17.6 Å². The number of nitrogens with one attached hydrogen (secondary N) is 1. The summed E-state index contributed by atoms with van der Waals surface area (Å²) in [6.07, 6.45) is 2.66. The minimum Gasteiger partial charge on any atom is -0.386 e. The number of rotatable bonds is 3. The van der Waals surface area contributed by atoms with Gasteiger partial charge in [-0.15, -0.1) is 0 Å². The number of halogens is 1. The van der Waals surface area contributed by atoms with Gasteiger partial charge in [0.05, 0.1) is 21.0 Å². The molecule has 4 heterocycles. The molecule has 3 N–H and O–H groups in total. The van der Waals surface area contributed by atoms with Crippen molar-refractivity contribution in [3.05, 3.63) is 52.7 Å². The van der Waals surface area contributed by atoms with E-state index in [4.69, 9.17) is 11.0 Å². The summed E-state index contributed by atoms with van der Waals surface area (Å²) in [4.78, 5) is 25.6. The first-order valence-corrected chi connectivity index (χ1v) is 12.1. The smallest absolute Gasteiger partial charge is 0.275 e. The molecule has 11 heteroatoms. The highest BCUT2D eigenvalue weighted by Gasteiger charge is 2.51. The van der Waals surface area contributed by atoms with Crippen molar-refractivity contribution >= 4 is 27.3 Å². The normalized spacial score (nSPS) is 28.6. The SMILES string of the molecule is Cc1cc(C#N)cnc1C(=O)Nc1ccc(F)c([C@]2(C)CS3(=O)=NCCC[C@@]3(C)C(N)=N2)n1. The quantitative estimate of drug-likeness (QED) is 0.706. The van der Waals surface area contributed by atoms with Crippen LogP contribution in [0, 0.1) is 24.1 Å². The molecule has 2 aliphatic heterocycles. The van der Waals surface area contributed by atoms with Crippen molar-refractivity contribution in [1.82, 2.24) is 9.97 Å². The Morgan fingerprint density at radius 3 is 2.82 bits per heavy atom. The van der Waals surface area contributed by atoms with E-state index in [1.807, 2.05) is 6.07 Å². The second-order valence-electron chi connectivity index (χ2n) is 8.73. The Balaban J connectivity index is 1.70. The predicted molar refractivity (Wildman–Crippen MR) is 123 cm³/mol. The van der Waals surface area contributed by atoms with E-state index >= 15 is 0 Å². The maximum atomic E-state index is 14.9. The Hall–Kier alpha value is -3.39. The number of carbonyl (C=O) groups excluding carboxylic acids is 1. The lowest BCUT2D eigenvalue weighted by atomic mass is 9.96. The summed E-state index contributed by atoms with van der Waals surface area (Å²) in [7, 11) is -2.81. The van der Waals surface area contributed by atoms with E-state index in [0.29, 0.717) is 24.1 Å². The van der Waals surface area contributed by atoms with E-state index in [2.05, 4.69) is 24.6 Å². The molecule has 33 heavy (non-hydrogen) atoms. The molecular formula is C22H24FN7O2S. The average Bonchev–Trinajstić information content (AvgIpc) is 2.76.